The van der Waals surface area contributed by atoms with Crippen LogP contribution in [0, 0.1) is 0 Å². The molecule has 130 valence electrons. The first kappa shape index (κ1) is 17.1. The third-order valence-electron chi connectivity index (χ3n) is 4.81. The van der Waals surface area contributed by atoms with Gasteiger partial charge in [-0.2, -0.15) is 0 Å². The lowest BCUT2D eigenvalue weighted by Gasteiger charge is -2.29. The van der Waals surface area contributed by atoms with E-state index in [4.69, 9.17) is 0 Å². The summed E-state index contributed by atoms with van der Waals surface area (Å²) in [5.74, 6) is 0.295. The van der Waals surface area contributed by atoms with Crippen molar-refractivity contribution in [2.45, 2.75) is 51.1 Å². The molecule has 24 heavy (non-hydrogen) atoms. The molecule has 1 aromatic heterocycles. The Labute approximate surface area is 143 Å². The highest BCUT2D eigenvalue weighted by Crippen LogP contribution is 2.25. The normalized spacial score (nSPS) is 22.8. The maximum absolute atomic E-state index is 12.9. The fraction of sp³-hybridized carbons (Fsp3) is 0.556. The Balaban J connectivity index is 1.76. The zero-order valence-electron chi connectivity index (χ0n) is 13.9. The van der Waals surface area contributed by atoms with Crippen molar-refractivity contribution in [2.75, 3.05) is 11.5 Å². The molecule has 1 atom stereocenters. The van der Waals surface area contributed by atoms with Crippen molar-refractivity contribution in [2.24, 2.45) is 0 Å². The summed E-state index contributed by atoms with van der Waals surface area (Å²) >= 11 is 0. The molecule has 5 nitrogen and oxygen atoms in total. The van der Waals surface area contributed by atoms with E-state index in [-0.39, 0.29) is 23.5 Å². The molecular weight excluding hydrogens is 324 g/mol. The van der Waals surface area contributed by atoms with Crippen LogP contribution in [0.25, 0.3) is 0 Å². The van der Waals surface area contributed by atoms with Crippen molar-refractivity contribution in [3.05, 3.63) is 41.7 Å². The standard InChI is InChI=1S/C18H24N2O3S/c21-18(11-15-5-2-1-3-6-15)20(13-16-7-4-9-19-12-16)17-8-10-24(22,23)14-17/h4-5,7,9,12,17H,1-3,6,8,10-11,13-14H2. The van der Waals surface area contributed by atoms with Crippen LogP contribution in [0.2, 0.25) is 0 Å². The third-order valence-corrected chi connectivity index (χ3v) is 6.56. The van der Waals surface area contributed by atoms with Crippen LogP contribution in [-0.2, 0) is 21.2 Å². The molecule has 6 heteroatoms. The fourth-order valence-corrected chi connectivity index (χ4v) is 5.22. The van der Waals surface area contributed by atoms with Crippen molar-refractivity contribution in [3.8, 4) is 0 Å². The predicted octanol–water partition coefficient (Wildman–Crippen LogP) is 2.49. The van der Waals surface area contributed by atoms with Gasteiger partial charge in [-0.05, 0) is 43.7 Å². The molecule has 0 radical (unpaired) electrons. The van der Waals surface area contributed by atoms with Gasteiger partial charge in [0.2, 0.25) is 5.91 Å². The lowest BCUT2D eigenvalue weighted by molar-refractivity contribution is -0.133. The van der Waals surface area contributed by atoms with Crippen LogP contribution < -0.4 is 0 Å². The number of aromatic nitrogens is 1. The molecule has 1 aromatic rings. The average Bonchev–Trinajstić information content (AvgIpc) is 2.94. The van der Waals surface area contributed by atoms with Gasteiger partial charge in [-0.15, -0.1) is 0 Å². The Hall–Kier alpha value is -1.69. The lowest BCUT2D eigenvalue weighted by Crippen LogP contribution is -2.40. The van der Waals surface area contributed by atoms with Crippen molar-refractivity contribution in [1.82, 2.24) is 9.88 Å². The Morgan fingerprint density at radius 3 is 2.83 bits per heavy atom. The van der Waals surface area contributed by atoms with Crippen molar-refractivity contribution < 1.29 is 13.2 Å². The number of carbonyl (C=O) groups is 1. The number of pyridine rings is 1. The number of nitrogens with zero attached hydrogens (tertiary/aromatic N) is 2. The van der Waals surface area contributed by atoms with Crippen LogP contribution in [-0.4, -0.2) is 41.8 Å². The molecule has 1 unspecified atom stereocenters. The molecule has 0 N–H and O–H groups in total. The van der Waals surface area contributed by atoms with E-state index in [1.807, 2.05) is 12.1 Å². The summed E-state index contributed by atoms with van der Waals surface area (Å²) in [6.45, 7) is 0.431. The number of hydrogen-bond donors (Lipinski definition) is 0. The first-order chi connectivity index (χ1) is 11.5. The van der Waals surface area contributed by atoms with E-state index in [0.29, 0.717) is 19.4 Å². The monoisotopic (exact) mass is 348 g/mol. The smallest absolute Gasteiger partial charge is 0.227 e. The van der Waals surface area contributed by atoms with Gasteiger partial charge >= 0.3 is 0 Å². The molecule has 1 fully saturated rings. The van der Waals surface area contributed by atoms with Crippen molar-refractivity contribution in [1.29, 1.82) is 0 Å². The van der Waals surface area contributed by atoms with Crippen LogP contribution >= 0.6 is 0 Å². The maximum Gasteiger partial charge on any atom is 0.227 e. The van der Waals surface area contributed by atoms with Gasteiger partial charge < -0.3 is 4.90 Å². The van der Waals surface area contributed by atoms with E-state index in [2.05, 4.69) is 11.1 Å². The van der Waals surface area contributed by atoms with Gasteiger partial charge in [-0.3, -0.25) is 9.78 Å². The fourth-order valence-electron chi connectivity index (χ4n) is 3.49. The van der Waals surface area contributed by atoms with Gasteiger partial charge in [0.15, 0.2) is 9.84 Å². The van der Waals surface area contributed by atoms with Crippen LogP contribution in [0.4, 0.5) is 0 Å². The molecule has 0 spiro atoms. The van der Waals surface area contributed by atoms with E-state index < -0.39 is 9.84 Å². The Kier molecular flexibility index (Phi) is 5.33. The quantitative estimate of drug-likeness (QED) is 0.767. The Bertz CT molecular complexity index is 713. The molecule has 0 saturated carbocycles. The topological polar surface area (TPSA) is 67.3 Å². The van der Waals surface area contributed by atoms with Gasteiger partial charge in [-0.25, -0.2) is 8.42 Å². The summed E-state index contributed by atoms with van der Waals surface area (Å²) in [6.07, 6.45) is 10.9. The molecule has 1 aliphatic heterocycles. The minimum Gasteiger partial charge on any atom is -0.334 e. The summed E-state index contributed by atoms with van der Waals surface area (Å²) in [6, 6.07) is 3.55. The molecule has 1 saturated heterocycles. The zero-order chi connectivity index (χ0) is 17.0. The summed E-state index contributed by atoms with van der Waals surface area (Å²) in [5, 5.41) is 0. The number of allylic oxidation sites excluding steroid dienone is 1. The minimum absolute atomic E-state index is 0.0362. The largest absolute Gasteiger partial charge is 0.334 e. The van der Waals surface area contributed by atoms with Crippen molar-refractivity contribution in [3.63, 3.8) is 0 Å². The zero-order valence-corrected chi connectivity index (χ0v) is 14.7. The SMILES string of the molecule is O=C(CC1=CCCCC1)N(Cc1cccnc1)C1CCS(=O)(=O)C1. The number of rotatable bonds is 5. The molecule has 2 heterocycles. The van der Waals surface area contributed by atoms with Gasteiger partial charge in [0.25, 0.3) is 0 Å². The molecule has 1 aliphatic carbocycles. The number of sulfone groups is 1. The van der Waals surface area contributed by atoms with E-state index in [9.17, 15) is 13.2 Å². The van der Waals surface area contributed by atoms with Gasteiger partial charge in [0.05, 0.1) is 11.5 Å². The highest BCUT2D eigenvalue weighted by Gasteiger charge is 2.34. The summed E-state index contributed by atoms with van der Waals surface area (Å²) in [4.78, 5) is 18.7. The molecule has 0 aromatic carbocycles. The number of hydrogen-bond acceptors (Lipinski definition) is 4. The maximum atomic E-state index is 12.9. The summed E-state index contributed by atoms with van der Waals surface area (Å²) < 4.78 is 23.7. The minimum atomic E-state index is -3.02. The average molecular weight is 348 g/mol. The van der Waals surface area contributed by atoms with Crippen molar-refractivity contribution >= 4 is 15.7 Å². The Morgan fingerprint density at radius 2 is 2.21 bits per heavy atom. The predicted molar refractivity (Wildman–Crippen MR) is 93.0 cm³/mol. The number of amides is 1. The first-order valence-electron chi connectivity index (χ1n) is 8.60. The van der Waals surface area contributed by atoms with Crippen LogP contribution in [0.5, 0.6) is 0 Å². The van der Waals surface area contributed by atoms with Crippen LogP contribution in [0.3, 0.4) is 0 Å². The van der Waals surface area contributed by atoms with Crippen LogP contribution in [0.1, 0.15) is 44.1 Å². The second kappa shape index (κ2) is 7.47. The van der Waals surface area contributed by atoms with Gasteiger partial charge in [-0.1, -0.05) is 17.7 Å². The first-order valence-corrected chi connectivity index (χ1v) is 10.4. The van der Waals surface area contributed by atoms with Crippen LogP contribution in [0.15, 0.2) is 36.2 Å². The summed E-state index contributed by atoms with van der Waals surface area (Å²) in [5.41, 5.74) is 2.14. The van der Waals surface area contributed by atoms with E-state index in [1.165, 1.54) is 12.0 Å². The number of carbonyl (C=O) groups excluding carboxylic acids is 1. The second-order valence-corrected chi connectivity index (χ2v) is 8.95. The van der Waals surface area contributed by atoms with Gasteiger partial charge in [0.1, 0.15) is 0 Å². The second-order valence-electron chi connectivity index (χ2n) is 6.72. The highest BCUT2D eigenvalue weighted by atomic mass is 32.2. The third kappa shape index (κ3) is 4.44. The van der Waals surface area contributed by atoms with E-state index >= 15 is 0 Å². The summed E-state index contributed by atoms with van der Waals surface area (Å²) in [7, 11) is -3.02. The van der Waals surface area contributed by atoms with E-state index in [1.54, 1.807) is 17.3 Å². The molecule has 0 bridgehead atoms. The lowest BCUT2D eigenvalue weighted by atomic mass is 9.96. The molecular formula is C18H24N2O3S. The molecule has 3 rings (SSSR count). The molecule has 1 amide bonds. The van der Waals surface area contributed by atoms with Gasteiger partial charge in [0, 0.05) is 31.4 Å². The molecule has 2 aliphatic rings. The Morgan fingerprint density at radius 1 is 1.33 bits per heavy atom. The van der Waals surface area contributed by atoms with E-state index in [0.717, 1.165) is 24.8 Å². The highest BCUT2D eigenvalue weighted by molar-refractivity contribution is 7.91.